The molecule has 0 aromatic rings. The van der Waals surface area contributed by atoms with Crippen LogP contribution in [0.25, 0.3) is 0 Å². The zero-order valence-electron chi connectivity index (χ0n) is 6.15. The lowest BCUT2D eigenvalue weighted by molar-refractivity contribution is 1.39. The third-order valence-electron chi connectivity index (χ3n) is 1.62. The van der Waals surface area contributed by atoms with E-state index in [1.54, 1.807) is 0 Å². The highest BCUT2D eigenvalue weighted by molar-refractivity contribution is 6.51. The van der Waals surface area contributed by atoms with E-state index in [2.05, 4.69) is 0 Å². The van der Waals surface area contributed by atoms with Gasteiger partial charge in [-0.1, -0.05) is 12.2 Å². The molecule has 0 aromatic heterocycles. The molecule has 2 heteroatoms. The van der Waals surface area contributed by atoms with Gasteiger partial charge in [-0.3, -0.25) is 10.8 Å². The zero-order valence-corrected chi connectivity index (χ0v) is 6.15. The third kappa shape index (κ3) is 0.923. The minimum absolute atomic E-state index is 0.347. The quantitative estimate of drug-likeness (QED) is 0.475. The average molecular weight is 134 g/mol. The lowest BCUT2D eigenvalue weighted by atomic mass is 9.96. The number of hydrogen-bond donors (Lipinski definition) is 2. The Bertz CT molecular complexity index is 220. The van der Waals surface area contributed by atoms with E-state index in [-0.39, 0.29) is 0 Å². The first kappa shape index (κ1) is 6.93. The highest BCUT2D eigenvalue weighted by atomic mass is 14.5. The topological polar surface area (TPSA) is 47.7 Å². The molecule has 2 N–H and O–H groups in total. The van der Waals surface area contributed by atoms with Crippen molar-refractivity contribution in [2.24, 2.45) is 0 Å². The van der Waals surface area contributed by atoms with E-state index in [9.17, 15) is 0 Å². The molecule has 0 heterocycles. The van der Waals surface area contributed by atoms with E-state index < -0.39 is 0 Å². The van der Waals surface area contributed by atoms with Crippen LogP contribution in [-0.2, 0) is 0 Å². The maximum Gasteiger partial charge on any atom is 0.0821 e. The molecule has 0 atom stereocenters. The Morgan fingerprint density at radius 1 is 0.900 bits per heavy atom. The van der Waals surface area contributed by atoms with Crippen molar-refractivity contribution in [1.82, 2.24) is 0 Å². The third-order valence-corrected chi connectivity index (χ3v) is 1.62. The minimum atomic E-state index is 0.347. The lowest BCUT2D eigenvalue weighted by Crippen LogP contribution is -2.16. The van der Waals surface area contributed by atoms with Gasteiger partial charge in [0.2, 0.25) is 0 Å². The van der Waals surface area contributed by atoms with Gasteiger partial charge >= 0.3 is 0 Å². The van der Waals surface area contributed by atoms with Gasteiger partial charge in [0.1, 0.15) is 0 Å². The zero-order chi connectivity index (χ0) is 7.72. The van der Waals surface area contributed by atoms with Crippen LogP contribution in [0.4, 0.5) is 0 Å². The number of nitrogens with one attached hydrogen (secondary N) is 2. The molecule has 0 saturated heterocycles. The van der Waals surface area contributed by atoms with E-state index in [1.165, 1.54) is 0 Å². The fraction of sp³-hybridized carbons (Fsp3) is 0.250. The molecule has 0 aromatic carbocycles. The SMILES string of the molecule is CC1=CC=C(C)C(=N)C1=N. The standard InChI is InChI=1S/C8H10N2/c1-5-3-4-6(2)8(10)7(5)9/h3-4,9-10H,1-2H3. The molecule has 1 aliphatic rings. The average Bonchev–Trinajstić information content (AvgIpc) is 1.93. The summed E-state index contributed by atoms with van der Waals surface area (Å²) in [6.07, 6.45) is 3.74. The Labute approximate surface area is 60.3 Å². The summed E-state index contributed by atoms with van der Waals surface area (Å²) in [4.78, 5) is 0. The van der Waals surface area contributed by atoms with Crippen molar-refractivity contribution in [3.05, 3.63) is 23.3 Å². The number of hydrogen-bond acceptors (Lipinski definition) is 2. The summed E-state index contributed by atoms with van der Waals surface area (Å²) in [5.74, 6) is 0. The van der Waals surface area contributed by atoms with E-state index >= 15 is 0 Å². The molecule has 52 valence electrons. The molecular weight excluding hydrogens is 124 g/mol. The molecule has 2 nitrogen and oxygen atoms in total. The largest absolute Gasteiger partial charge is 0.298 e. The molecular formula is C8H10N2. The monoisotopic (exact) mass is 134 g/mol. The van der Waals surface area contributed by atoms with Crippen molar-refractivity contribution in [3.8, 4) is 0 Å². The van der Waals surface area contributed by atoms with E-state index in [4.69, 9.17) is 10.8 Å². The predicted molar refractivity (Wildman–Crippen MR) is 43.0 cm³/mol. The van der Waals surface area contributed by atoms with Crippen molar-refractivity contribution < 1.29 is 0 Å². The van der Waals surface area contributed by atoms with Crippen molar-refractivity contribution in [2.75, 3.05) is 0 Å². The van der Waals surface area contributed by atoms with Crippen LogP contribution in [0.5, 0.6) is 0 Å². The van der Waals surface area contributed by atoms with Gasteiger partial charge in [0.15, 0.2) is 0 Å². The van der Waals surface area contributed by atoms with Gasteiger partial charge in [0.05, 0.1) is 11.4 Å². The van der Waals surface area contributed by atoms with Gasteiger partial charge in [-0.2, -0.15) is 0 Å². The second-order valence-electron chi connectivity index (χ2n) is 2.45. The van der Waals surface area contributed by atoms with E-state index in [0.717, 1.165) is 11.1 Å². The molecule has 0 saturated carbocycles. The molecule has 0 spiro atoms. The lowest BCUT2D eigenvalue weighted by Gasteiger charge is -2.10. The van der Waals surface area contributed by atoms with Crippen LogP contribution in [-0.4, -0.2) is 11.4 Å². The van der Waals surface area contributed by atoms with E-state index in [1.807, 2.05) is 26.0 Å². The summed E-state index contributed by atoms with van der Waals surface area (Å²) in [6, 6.07) is 0. The first-order valence-corrected chi connectivity index (χ1v) is 3.16. The molecule has 0 amide bonds. The van der Waals surface area contributed by atoms with Gasteiger partial charge in [0, 0.05) is 0 Å². The summed E-state index contributed by atoms with van der Waals surface area (Å²) < 4.78 is 0. The van der Waals surface area contributed by atoms with Crippen molar-refractivity contribution in [1.29, 1.82) is 10.8 Å². The minimum Gasteiger partial charge on any atom is -0.298 e. The smallest absolute Gasteiger partial charge is 0.0821 e. The van der Waals surface area contributed by atoms with Crippen LogP contribution in [0.3, 0.4) is 0 Å². The van der Waals surface area contributed by atoms with Gasteiger partial charge in [0.25, 0.3) is 0 Å². The molecule has 1 rings (SSSR count). The second kappa shape index (κ2) is 2.21. The Morgan fingerprint density at radius 2 is 1.20 bits per heavy atom. The van der Waals surface area contributed by atoms with Crippen LogP contribution in [0.2, 0.25) is 0 Å². The Morgan fingerprint density at radius 3 is 1.50 bits per heavy atom. The Hall–Kier alpha value is -1.18. The van der Waals surface area contributed by atoms with Gasteiger partial charge in [-0.05, 0) is 25.0 Å². The highest BCUT2D eigenvalue weighted by Gasteiger charge is 2.11. The fourth-order valence-electron chi connectivity index (χ4n) is 0.811. The van der Waals surface area contributed by atoms with Crippen LogP contribution in [0.15, 0.2) is 23.3 Å². The molecule has 0 fully saturated rings. The maximum absolute atomic E-state index is 7.40. The molecule has 1 aliphatic carbocycles. The molecule has 0 radical (unpaired) electrons. The summed E-state index contributed by atoms with van der Waals surface area (Å²) in [5, 5.41) is 14.8. The van der Waals surface area contributed by atoms with Gasteiger partial charge in [-0.25, -0.2) is 0 Å². The Balaban J connectivity index is 3.09. The van der Waals surface area contributed by atoms with Crippen molar-refractivity contribution in [3.63, 3.8) is 0 Å². The first-order valence-electron chi connectivity index (χ1n) is 3.16. The summed E-state index contributed by atoms with van der Waals surface area (Å²) in [6.45, 7) is 3.69. The van der Waals surface area contributed by atoms with E-state index in [0.29, 0.717) is 11.4 Å². The van der Waals surface area contributed by atoms with Crippen molar-refractivity contribution in [2.45, 2.75) is 13.8 Å². The highest BCUT2D eigenvalue weighted by Crippen LogP contribution is 2.10. The molecule has 0 aliphatic heterocycles. The molecule has 10 heavy (non-hydrogen) atoms. The summed E-state index contributed by atoms with van der Waals surface area (Å²) in [7, 11) is 0. The molecule has 0 unspecified atom stereocenters. The van der Waals surface area contributed by atoms with Gasteiger partial charge in [-0.15, -0.1) is 0 Å². The summed E-state index contributed by atoms with van der Waals surface area (Å²) in [5.41, 5.74) is 2.44. The van der Waals surface area contributed by atoms with Crippen LogP contribution in [0, 0.1) is 10.8 Å². The molecule has 0 bridgehead atoms. The summed E-state index contributed by atoms with van der Waals surface area (Å²) >= 11 is 0. The van der Waals surface area contributed by atoms with Gasteiger partial charge < -0.3 is 0 Å². The van der Waals surface area contributed by atoms with Crippen LogP contribution >= 0.6 is 0 Å². The number of allylic oxidation sites excluding steroid dienone is 4. The van der Waals surface area contributed by atoms with Crippen LogP contribution in [0.1, 0.15) is 13.8 Å². The number of rotatable bonds is 0. The maximum atomic E-state index is 7.40. The normalized spacial score (nSPS) is 18.6. The van der Waals surface area contributed by atoms with Crippen LogP contribution < -0.4 is 0 Å². The first-order chi connectivity index (χ1) is 4.63. The van der Waals surface area contributed by atoms with Crippen molar-refractivity contribution >= 4 is 11.4 Å². The predicted octanol–water partition coefficient (Wildman–Crippen LogP) is 1.93. The second-order valence-corrected chi connectivity index (χ2v) is 2.45. The fourth-order valence-corrected chi connectivity index (χ4v) is 0.811. The Kier molecular flexibility index (Phi) is 1.53.